The van der Waals surface area contributed by atoms with Crippen LogP contribution in [0.3, 0.4) is 0 Å². The summed E-state index contributed by atoms with van der Waals surface area (Å²) in [5, 5.41) is 25.2. The smallest absolute Gasteiger partial charge is 0.339 e. The van der Waals surface area contributed by atoms with Crippen LogP contribution in [0.2, 0.25) is 0 Å². The predicted molar refractivity (Wildman–Crippen MR) is 126 cm³/mol. The van der Waals surface area contributed by atoms with Crippen molar-refractivity contribution in [2.75, 3.05) is 5.32 Å². The van der Waals surface area contributed by atoms with Gasteiger partial charge in [-0.05, 0) is 42.0 Å². The van der Waals surface area contributed by atoms with Gasteiger partial charge in [-0.1, -0.05) is 32.0 Å². The lowest BCUT2D eigenvalue weighted by atomic mass is 10.0. The summed E-state index contributed by atoms with van der Waals surface area (Å²) in [5.74, 6) is -0.211. The zero-order valence-corrected chi connectivity index (χ0v) is 18.6. The maximum atomic E-state index is 11.9. The summed E-state index contributed by atoms with van der Waals surface area (Å²) in [7, 11) is 0. The molecule has 0 spiro atoms. The van der Waals surface area contributed by atoms with E-state index >= 15 is 0 Å². The number of hydrogen-bond donors (Lipinski definition) is 3. The molecule has 0 unspecified atom stereocenters. The largest absolute Gasteiger partial charge is 0.508 e. The van der Waals surface area contributed by atoms with Gasteiger partial charge in [0.05, 0.1) is 5.69 Å². The third kappa shape index (κ3) is 4.76. The highest BCUT2D eigenvalue weighted by Crippen LogP contribution is 2.36. The van der Waals surface area contributed by atoms with Crippen LogP contribution in [0.5, 0.6) is 5.75 Å². The van der Waals surface area contributed by atoms with Crippen LogP contribution in [0.4, 0.5) is 10.9 Å². The van der Waals surface area contributed by atoms with Gasteiger partial charge in [-0.25, -0.2) is 14.8 Å². The predicted octanol–water partition coefficient (Wildman–Crippen LogP) is 6.28. The number of carboxylic acids is 1. The quantitative estimate of drug-likeness (QED) is 0.306. The number of rotatable bonds is 7. The fraction of sp³-hybridized carbons (Fsp3) is 0.174. The van der Waals surface area contributed by atoms with E-state index in [1.54, 1.807) is 30.5 Å². The zero-order chi connectivity index (χ0) is 22.0. The highest BCUT2D eigenvalue weighted by atomic mass is 32.1. The Bertz CT molecular complexity index is 1220. The second kappa shape index (κ2) is 8.87. The molecule has 158 valence electrons. The number of thiazole rings is 1. The molecule has 1 aromatic carbocycles. The van der Waals surface area contributed by atoms with E-state index in [1.165, 1.54) is 22.7 Å². The highest BCUT2D eigenvalue weighted by Gasteiger charge is 2.19. The Morgan fingerprint density at radius 2 is 2.00 bits per heavy atom. The molecule has 0 aliphatic rings. The molecule has 0 aliphatic carbocycles. The molecule has 31 heavy (non-hydrogen) atoms. The Hall–Kier alpha value is -3.23. The second-order valence-corrected chi connectivity index (χ2v) is 9.50. The summed E-state index contributed by atoms with van der Waals surface area (Å²) in [6, 6.07) is 12.5. The van der Waals surface area contributed by atoms with Crippen molar-refractivity contribution < 1.29 is 15.0 Å². The first-order chi connectivity index (χ1) is 14.9. The molecular weight excluding hydrogens is 430 g/mol. The van der Waals surface area contributed by atoms with Gasteiger partial charge in [0.2, 0.25) is 0 Å². The van der Waals surface area contributed by atoms with Gasteiger partial charge in [0.15, 0.2) is 5.13 Å². The van der Waals surface area contributed by atoms with E-state index in [0.29, 0.717) is 11.0 Å². The van der Waals surface area contributed by atoms with E-state index in [9.17, 15) is 15.0 Å². The molecule has 6 nitrogen and oxygen atoms in total. The Morgan fingerprint density at radius 1 is 1.16 bits per heavy atom. The summed E-state index contributed by atoms with van der Waals surface area (Å²) < 4.78 is 0. The number of aromatic hydroxyl groups is 1. The van der Waals surface area contributed by atoms with Gasteiger partial charge in [-0.3, -0.25) is 0 Å². The molecule has 0 atom stereocenters. The first-order valence-electron chi connectivity index (χ1n) is 9.74. The number of hydrogen-bond acceptors (Lipinski definition) is 7. The Balaban J connectivity index is 1.71. The number of phenols is 1. The summed E-state index contributed by atoms with van der Waals surface area (Å²) in [4.78, 5) is 23.0. The number of anilines is 2. The summed E-state index contributed by atoms with van der Waals surface area (Å²) in [5.41, 5.74) is 2.45. The molecule has 3 aromatic heterocycles. The van der Waals surface area contributed by atoms with Crippen molar-refractivity contribution in [1.29, 1.82) is 0 Å². The topological polar surface area (TPSA) is 95.3 Å². The van der Waals surface area contributed by atoms with Crippen LogP contribution in [-0.4, -0.2) is 26.2 Å². The molecule has 0 fully saturated rings. The Kier molecular flexibility index (Phi) is 6.01. The lowest BCUT2D eigenvalue weighted by molar-refractivity contribution is 0.0697. The third-order valence-electron chi connectivity index (χ3n) is 4.56. The zero-order valence-electron chi connectivity index (χ0n) is 17.0. The summed E-state index contributed by atoms with van der Waals surface area (Å²) in [6.07, 6.45) is 2.49. The first-order valence-corrected chi connectivity index (χ1v) is 11.4. The standard InChI is InChI=1S/C23H21N3O3S2/c1-13(2)9-19-20(14-5-3-6-16(27)10-14)25-23(31-19)26-21-17(22(28)29)11-15(12-24-21)18-7-4-8-30-18/h3-8,10-13,27H,9H2,1-2H3,(H,28,29)(H,24,25,26). The van der Waals surface area contributed by atoms with Gasteiger partial charge in [-0.15, -0.1) is 22.7 Å². The van der Waals surface area contributed by atoms with Crippen molar-refractivity contribution in [1.82, 2.24) is 9.97 Å². The van der Waals surface area contributed by atoms with Crippen molar-refractivity contribution in [3.05, 3.63) is 64.5 Å². The normalized spacial score (nSPS) is 11.1. The van der Waals surface area contributed by atoms with Crippen molar-refractivity contribution in [2.24, 2.45) is 5.92 Å². The molecule has 0 saturated carbocycles. The van der Waals surface area contributed by atoms with Crippen molar-refractivity contribution in [3.8, 4) is 27.4 Å². The van der Waals surface area contributed by atoms with Crippen LogP contribution >= 0.6 is 22.7 Å². The van der Waals surface area contributed by atoms with Crippen LogP contribution in [0, 0.1) is 5.92 Å². The minimum atomic E-state index is -1.06. The Morgan fingerprint density at radius 3 is 2.68 bits per heavy atom. The molecule has 4 aromatic rings. The number of carboxylic acid groups (broad SMARTS) is 1. The van der Waals surface area contributed by atoms with E-state index in [1.807, 2.05) is 23.6 Å². The van der Waals surface area contributed by atoms with Gasteiger partial charge < -0.3 is 15.5 Å². The molecule has 3 heterocycles. The lowest BCUT2D eigenvalue weighted by Gasteiger charge is -2.07. The number of nitrogens with zero attached hydrogens (tertiary/aromatic N) is 2. The van der Waals surface area contributed by atoms with Crippen LogP contribution in [0.25, 0.3) is 21.7 Å². The van der Waals surface area contributed by atoms with Crippen LogP contribution in [0.15, 0.2) is 54.0 Å². The average molecular weight is 452 g/mol. The monoisotopic (exact) mass is 451 g/mol. The first kappa shape index (κ1) is 21.0. The second-order valence-electron chi connectivity index (χ2n) is 7.47. The fourth-order valence-corrected chi connectivity index (χ4v) is 5.10. The van der Waals surface area contributed by atoms with Crippen LogP contribution in [0.1, 0.15) is 29.1 Å². The molecule has 0 aliphatic heterocycles. The Labute approximate surface area is 187 Å². The SMILES string of the molecule is CC(C)Cc1sc(Nc2ncc(-c3cccs3)cc2C(=O)O)nc1-c1cccc(O)c1. The van der Waals surface area contributed by atoms with Gasteiger partial charge in [0, 0.05) is 27.1 Å². The molecule has 0 amide bonds. The van der Waals surface area contributed by atoms with Crippen molar-refractivity contribution >= 4 is 39.6 Å². The third-order valence-corrected chi connectivity index (χ3v) is 6.47. The molecule has 8 heteroatoms. The van der Waals surface area contributed by atoms with Crippen molar-refractivity contribution in [3.63, 3.8) is 0 Å². The number of thiophene rings is 1. The maximum absolute atomic E-state index is 11.9. The number of pyridine rings is 1. The minimum Gasteiger partial charge on any atom is -0.508 e. The van der Waals surface area contributed by atoms with Gasteiger partial charge >= 0.3 is 5.97 Å². The van der Waals surface area contributed by atoms with Gasteiger partial charge in [-0.2, -0.15) is 0 Å². The number of phenolic OH excluding ortho intramolecular Hbond substituents is 1. The highest BCUT2D eigenvalue weighted by molar-refractivity contribution is 7.16. The molecule has 0 saturated heterocycles. The lowest BCUT2D eigenvalue weighted by Crippen LogP contribution is -2.05. The number of benzene rings is 1. The number of aromatic carboxylic acids is 1. The molecule has 4 rings (SSSR count). The van der Waals surface area contributed by atoms with Gasteiger partial charge in [0.1, 0.15) is 17.1 Å². The minimum absolute atomic E-state index is 0.0883. The van der Waals surface area contributed by atoms with E-state index in [2.05, 4.69) is 24.1 Å². The van der Waals surface area contributed by atoms with Crippen LogP contribution < -0.4 is 5.32 Å². The molecule has 0 radical (unpaired) electrons. The summed E-state index contributed by atoms with van der Waals surface area (Å²) >= 11 is 3.00. The van der Waals surface area contributed by atoms with Crippen LogP contribution in [-0.2, 0) is 6.42 Å². The summed E-state index contributed by atoms with van der Waals surface area (Å²) in [6.45, 7) is 4.26. The van der Waals surface area contributed by atoms with Crippen molar-refractivity contribution in [2.45, 2.75) is 20.3 Å². The maximum Gasteiger partial charge on any atom is 0.339 e. The molecular formula is C23H21N3O3S2. The van der Waals surface area contributed by atoms with E-state index in [-0.39, 0.29) is 17.1 Å². The average Bonchev–Trinajstić information content (AvgIpc) is 3.38. The van der Waals surface area contributed by atoms with Gasteiger partial charge in [0.25, 0.3) is 0 Å². The number of carbonyl (C=O) groups is 1. The fourth-order valence-electron chi connectivity index (χ4n) is 3.20. The van der Waals surface area contributed by atoms with E-state index in [0.717, 1.165) is 33.0 Å². The number of aromatic nitrogens is 2. The van der Waals surface area contributed by atoms with E-state index in [4.69, 9.17) is 4.98 Å². The number of nitrogens with one attached hydrogen (secondary N) is 1. The molecule has 3 N–H and O–H groups in total. The molecule has 0 bridgehead atoms. The van der Waals surface area contributed by atoms with E-state index < -0.39 is 5.97 Å².